The summed E-state index contributed by atoms with van der Waals surface area (Å²) in [6.45, 7) is 3.70. The van der Waals surface area contributed by atoms with Crippen molar-refractivity contribution in [2.45, 2.75) is 44.6 Å². The number of anilines is 2. The van der Waals surface area contributed by atoms with E-state index in [0.29, 0.717) is 41.7 Å². The number of benzene rings is 3. The molecule has 4 aliphatic rings. The van der Waals surface area contributed by atoms with E-state index in [9.17, 15) is 32.0 Å². The molecule has 3 fully saturated rings. The number of alkyl halides is 1. The van der Waals surface area contributed by atoms with E-state index in [0.717, 1.165) is 65.0 Å². The summed E-state index contributed by atoms with van der Waals surface area (Å²) >= 11 is 0. The molecule has 60 heavy (non-hydrogen) atoms. The Balaban J connectivity index is 0.841. The Hall–Kier alpha value is -6.11. The molecule has 9 rings (SSSR count). The van der Waals surface area contributed by atoms with Crippen LogP contribution in [0.15, 0.2) is 73.1 Å². The van der Waals surface area contributed by atoms with E-state index in [1.54, 1.807) is 17.2 Å². The molecule has 0 aliphatic carbocycles. The van der Waals surface area contributed by atoms with E-state index in [-0.39, 0.29) is 36.8 Å². The first kappa shape index (κ1) is 39.4. The van der Waals surface area contributed by atoms with Crippen LogP contribution in [0.5, 0.6) is 0 Å². The quantitative estimate of drug-likeness (QED) is 0.135. The van der Waals surface area contributed by atoms with Gasteiger partial charge >= 0.3 is 10.2 Å². The molecule has 0 saturated carbocycles. The molecular formula is C42H39F3N8O6S. The molecule has 3 N–H and O–H groups in total. The number of nitrogens with zero attached hydrogens (tertiary/aromatic N) is 5. The highest BCUT2D eigenvalue weighted by Gasteiger charge is 2.39. The topological polar surface area (TPSA) is 168 Å². The molecule has 0 radical (unpaired) electrons. The Bertz CT molecular complexity index is 2690. The number of aromatic nitrogens is 2. The fraction of sp³-hybridized carbons (Fsp3) is 0.310. The lowest BCUT2D eigenvalue weighted by Crippen LogP contribution is -2.52. The molecule has 6 heterocycles. The largest absolute Gasteiger partial charge is 0.369 e. The highest BCUT2D eigenvalue weighted by molar-refractivity contribution is 7.90. The van der Waals surface area contributed by atoms with Gasteiger partial charge in [0, 0.05) is 98.9 Å². The lowest BCUT2D eigenvalue weighted by Gasteiger charge is -2.36. The van der Waals surface area contributed by atoms with E-state index in [1.807, 2.05) is 47.2 Å². The highest BCUT2D eigenvalue weighted by atomic mass is 32.2. The monoisotopic (exact) mass is 840 g/mol. The minimum Gasteiger partial charge on any atom is -0.369 e. The molecule has 3 saturated heterocycles. The van der Waals surface area contributed by atoms with Gasteiger partial charge in [-0.2, -0.15) is 12.7 Å². The van der Waals surface area contributed by atoms with Crippen molar-refractivity contribution >= 4 is 56.1 Å². The van der Waals surface area contributed by atoms with Gasteiger partial charge in [0.25, 0.3) is 5.91 Å². The molecule has 3 amide bonds. The molecule has 0 spiro atoms. The number of carbonyl (C=O) groups is 4. The van der Waals surface area contributed by atoms with E-state index < -0.39 is 63.5 Å². The smallest absolute Gasteiger partial charge is 0.301 e. The third kappa shape index (κ3) is 7.39. The van der Waals surface area contributed by atoms with Crippen LogP contribution in [0.25, 0.3) is 22.2 Å². The molecule has 5 aromatic rings. The van der Waals surface area contributed by atoms with Gasteiger partial charge in [-0.05, 0) is 65.9 Å². The number of nitrogens with one attached hydrogen (secondary N) is 3. The average Bonchev–Trinajstić information content (AvgIpc) is 3.96. The first-order chi connectivity index (χ1) is 28.8. The molecule has 14 nitrogen and oxygen atoms in total. The lowest BCUT2D eigenvalue weighted by atomic mass is 9.99. The molecule has 2 atom stereocenters. The molecule has 4 aliphatic heterocycles. The van der Waals surface area contributed by atoms with Crippen LogP contribution in [0.3, 0.4) is 0 Å². The zero-order valence-electron chi connectivity index (χ0n) is 32.1. The van der Waals surface area contributed by atoms with Crippen molar-refractivity contribution in [3.05, 3.63) is 113 Å². The van der Waals surface area contributed by atoms with Gasteiger partial charge in [-0.1, -0.05) is 24.3 Å². The molecule has 18 heteroatoms. The number of aromatic amines is 1. The summed E-state index contributed by atoms with van der Waals surface area (Å²) in [7, 11) is -4.36. The Morgan fingerprint density at radius 2 is 1.70 bits per heavy atom. The highest BCUT2D eigenvalue weighted by Crippen LogP contribution is 2.33. The van der Waals surface area contributed by atoms with Crippen LogP contribution in [0.4, 0.5) is 24.5 Å². The molecule has 310 valence electrons. The van der Waals surface area contributed by atoms with Crippen LogP contribution in [0, 0.1) is 11.6 Å². The van der Waals surface area contributed by atoms with Gasteiger partial charge in [-0.15, -0.1) is 0 Å². The predicted molar refractivity (Wildman–Crippen MR) is 215 cm³/mol. The number of pyridine rings is 1. The maximum Gasteiger partial charge on any atom is 0.301 e. The number of piperidine rings is 1. The third-order valence-electron chi connectivity index (χ3n) is 11.7. The van der Waals surface area contributed by atoms with Crippen LogP contribution in [-0.2, 0) is 32.9 Å². The maximum absolute atomic E-state index is 15.7. The molecule has 3 aromatic carbocycles. The van der Waals surface area contributed by atoms with Gasteiger partial charge in [0.15, 0.2) is 5.82 Å². The predicted octanol–water partition coefficient (Wildman–Crippen LogP) is 4.52. The number of fused-ring (bicyclic) bond motifs is 2. The summed E-state index contributed by atoms with van der Waals surface area (Å²) in [6.07, 6.45) is 2.10. The minimum absolute atomic E-state index is 0.00139. The summed E-state index contributed by atoms with van der Waals surface area (Å²) in [5.74, 6) is -4.53. The van der Waals surface area contributed by atoms with Crippen LogP contribution in [0.1, 0.15) is 56.7 Å². The number of hydrogen-bond donors (Lipinski definition) is 3. The van der Waals surface area contributed by atoms with Gasteiger partial charge in [0.05, 0.1) is 11.3 Å². The van der Waals surface area contributed by atoms with Gasteiger partial charge in [-0.25, -0.2) is 18.2 Å². The number of piperazine rings is 1. The SMILES string of the molecule is O=C1CCC(N2Cc3cc(N4CCN(Cc5ccc(-c6cnc7[nH]cc(C(=O)c8c(F)ccc(NS(=O)(=O)N9CC[C@@H](F)C9)c8F)c7c6)cc5)CC4)ccc3C2=O)C(=O)N1. The van der Waals surface area contributed by atoms with Crippen LogP contribution in [-0.4, -0.2) is 107 Å². The minimum atomic E-state index is -4.36. The summed E-state index contributed by atoms with van der Waals surface area (Å²) < 4.78 is 72.9. The van der Waals surface area contributed by atoms with Crippen molar-refractivity contribution in [2.24, 2.45) is 0 Å². The fourth-order valence-electron chi connectivity index (χ4n) is 8.42. The van der Waals surface area contributed by atoms with Crippen molar-refractivity contribution in [1.82, 2.24) is 29.4 Å². The van der Waals surface area contributed by atoms with Crippen molar-refractivity contribution in [2.75, 3.05) is 48.9 Å². The molecule has 1 unspecified atom stereocenters. The first-order valence-corrected chi connectivity index (χ1v) is 21.0. The van der Waals surface area contributed by atoms with Crippen LogP contribution in [0.2, 0.25) is 0 Å². The Labute approximate surface area is 342 Å². The standard InChI is InChI=1S/C42H39F3N8O6S/c43-28-11-12-52(23-28)60(58,59)49-34-8-7-33(44)37(38(34)45)39(55)32-20-47-40-31(32)18-26(19-46-40)25-3-1-24(2-4-25)21-50-13-15-51(16-14-50)29-5-6-30-27(17-29)22-53(42(30)57)35-9-10-36(54)48-41(35)56/h1-8,17-20,28,35,49H,9-16,21-23H2,(H,46,47)(H,48,54,56)/t28-,35?/m1/s1. The Morgan fingerprint density at radius 3 is 2.43 bits per heavy atom. The van der Waals surface area contributed by atoms with Gasteiger partial charge in [0.1, 0.15) is 23.7 Å². The number of halogens is 3. The van der Waals surface area contributed by atoms with Gasteiger partial charge < -0.3 is 14.8 Å². The summed E-state index contributed by atoms with van der Waals surface area (Å²) in [5.41, 5.74) is 3.67. The molecular weight excluding hydrogens is 802 g/mol. The van der Waals surface area contributed by atoms with Gasteiger partial charge in [-0.3, -0.25) is 34.1 Å². The zero-order chi connectivity index (χ0) is 41.9. The third-order valence-corrected chi connectivity index (χ3v) is 13.2. The normalized spacial score (nSPS) is 20.2. The second kappa shape index (κ2) is 15.5. The number of carbonyl (C=O) groups excluding carboxylic acids is 4. The van der Waals surface area contributed by atoms with Crippen molar-refractivity contribution in [3.8, 4) is 11.1 Å². The number of hydrogen-bond acceptors (Lipinski definition) is 9. The number of amides is 3. The van der Waals surface area contributed by atoms with E-state index in [1.165, 1.54) is 6.20 Å². The summed E-state index contributed by atoms with van der Waals surface area (Å²) in [4.78, 5) is 64.4. The second-order valence-corrected chi connectivity index (χ2v) is 17.2. The lowest BCUT2D eigenvalue weighted by molar-refractivity contribution is -0.136. The second-order valence-electron chi connectivity index (χ2n) is 15.5. The maximum atomic E-state index is 15.7. The van der Waals surface area contributed by atoms with Crippen LogP contribution >= 0.6 is 0 Å². The number of H-pyrrole nitrogens is 1. The number of imide groups is 1. The van der Waals surface area contributed by atoms with Crippen LogP contribution < -0.4 is 14.9 Å². The van der Waals surface area contributed by atoms with Crippen molar-refractivity contribution < 1.29 is 40.8 Å². The summed E-state index contributed by atoms with van der Waals surface area (Å²) in [5, 5.41) is 2.66. The number of ketones is 1. The van der Waals surface area contributed by atoms with E-state index in [2.05, 4.69) is 25.1 Å². The van der Waals surface area contributed by atoms with E-state index in [4.69, 9.17) is 0 Å². The molecule has 2 aromatic heterocycles. The van der Waals surface area contributed by atoms with Crippen molar-refractivity contribution in [1.29, 1.82) is 0 Å². The first-order valence-electron chi connectivity index (χ1n) is 19.6. The Kier molecular flexibility index (Phi) is 10.2. The summed E-state index contributed by atoms with van der Waals surface area (Å²) in [6, 6.07) is 16.4. The average molecular weight is 841 g/mol. The molecule has 0 bridgehead atoms. The Morgan fingerprint density at radius 1 is 0.917 bits per heavy atom. The van der Waals surface area contributed by atoms with Gasteiger partial charge in [0.2, 0.25) is 17.6 Å². The fourth-order valence-corrected chi connectivity index (χ4v) is 9.68. The zero-order valence-corrected chi connectivity index (χ0v) is 32.9. The van der Waals surface area contributed by atoms with E-state index >= 15 is 8.78 Å². The van der Waals surface area contributed by atoms with Crippen molar-refractivity contribution in [3.63, 3.8) is 0 Å². The number of rotatable bonds is 10.